The predicted molar refractivity (Wildman–Crippen MR) is 66.5 cm³/mol. The lowest BCUT2D eigenvalue weighted by Crippen LogP contribution is -2.20. The van der Waals surface area contributed by atoms with Gasteiger partial charge in [0.25, 0.3) is 5.91 Å². The molecule has 0 aliphatic heterocycles. The monoisotopic (exact) mass is 246 g/mol. The van der Waals surface area contributed by atoms with Crippen LogP contribution in [-0.2, 0) is 0 Å². The maximum absolute atomic E-state index is 11.7. The Labute approximate surface area is 105 Å². The van der Waals surface area contributed by atoms with Gasteiger partial charge in [-0.3, -0.25) is 4.79 Å². The van der Waals surface area contributed by atoms with Crippen LogP contribution >= 0.6 is 0 Å². The van der Waals surface area contributed by atoms with Crippen molar-refractivity contribution in [2.24, 2.45) is 0 Å². The molecule has 5 heteroatoms. The first-order valence-electron chi connectivity index (χ1n) is 5.43. The van der Waals surface area contributed by atoms with E-state index in [1.807, 2.05) is 6.07 Å². The molecule has 0 unspecified atom stereocenters. The molecule has 0 N–H and O–H groups in total. The smallest absolute Gasteiger partial charge is 0.289 e. The lowest BCUT2D eigenvalue weighted by atomic mass is 10.2. The minimum absolute atomic E-state index is 0.164. The summed E-state index contributed by atoms with van der Waals surface area (Å²) in [6.45, 7) is 0. The largest absolute Gasteiger partial charge is 0.481 e. The molecular weight excluding hydrogens is 232 g/mol. The van der Waals surface area contributed by atoms with Gasteiger partial charge in [0.2, 0.25) is 5.88 Å². The number of aromatic nitrogens is 1. The second-order valence-corrected chi connectivity index (χ2v) is 3.95. The summed E-state index contributed by atoms with van der Waals surface area (Å²) in [7, 11) is 4.92. The summed E-state index contributed by atoms with van der Waals surface area (Å²) in [4.78, 5) is 17.2. The van der Waals surface area contributed by atoms with Gasteiger partial charge >= 0.3 is 0 Å². The number of carbonyl (C=O) groups is 1. The van der Waals surface area contributed by atoms with Crippen LogP contribution < -0.4 is 4.74 Å². The number of hydrogen-bond acceptors (Lipinski definition) is 4. The highest BCUT2D eigenvalue weighted by molar-refractivity contribution is 5.91. The third-order valence-electron chi connectivity index (χ3n) is 2.45. The quantitative estimate of drug-likeness (QED) is 0.831. The Morgan fingerprint density at radius 1 is 1.28 bits per heavy atom. The molecule has 0 saturated carbocycles. The standard InChI is InChI=1S/C13H14N2O3/c1-15(2)13(16)11-6-5-10(18-11)9-4-7-12(17-3)14-8-9/h4-8H,1-3H3. The van der Waals surface area contributed by atoms with Crippen molar-refractivity contribution in [1.29, 1.82) is 0 Å². The van der Waals surface area contributed by atoms with Crippen LogP contribution in [0.25, 0.3) is 11.3 Å². The zero-order valence-electron chi connectivity index (χ0n) is 10.5. The van der Waals surface area contributed by atoms with Crippen LogP contribution in [0.15, 0.2) is 34.9 Å². The van der Waals surface area contributed by atoms with Gasteiger partial charge in [0.1, 0.15) is 5.76 Å². The average molecular weight is 246 g/mol. The van der Waals surface area contributed by atoms with Gasteiger partial charge in [0.05, 0.1) is 7.11 Å². The number of carbonyl (C=O) groups excluding carboxylic acids is 1. The Bertz CT molecular complexity index is 544. The Kier molecular flexibility index (Phi) is 3.32. The SMILES string of the molecule is COc1ccc(-c2ccc(C(=O)N(C)C)o2)cn1. The van der Waals surface area contributed by atoms with Crippen LogP contribution in [0, 0.1) is 0 Å². The fourth-order valence-corrected chi connectivity index (χ4v) is 1.48. The first-order chi connectivity index (χ1) is 8.61. The van der Waals surface area contributed by atoms with E-state index in [0.29, 0.717) is 17.4 Å². The third-order valence-corrected chi connectivity index (χ3v) is 2.45. The van der Waals surface area contributed by atoms with Crippen LogP contribution in [0.3, 0.4) is 0 Å². The summed E-state index contributed by atoms with van der Waals surface area (Å²) in [6, 6.07) is 6.97. The van der Waals surface area contributed by atoms with E-state index < -0.39 is 0 Å². The molecule has 18 heavy (non-hydrogen) atoms. The van der Waals surface area contributed by atoms with Crippen molar-refractivity contribution in [1.82, 2.24) is 9.88 Å². The van der Waals surface area contributed by atoms with Gasteiger partial charge in [-0.1, -0.05) is 0 Å². The van der Waals surface area contributed by atoms with E-state index in [1.165, 1.54) is 4.90 Å². The molecule has 0 radical (unpaired) electrons. The Morgan fingerprint density at radius 3 is 2.61 bits per heavy atom. The first-order valence-corrected chi connectivity index (χ1v) is 5.43. The summed E-state index contributed by atoms with van der Waals surface area (Å²) in [6.07, 6.45) is 1.64. The van der Waals surface area contributed by atoms with Gasteiger partial charge in [-0.25, -0.2) is 4.98 Å². The van der Waals surface area contributed by atoms with Crippen LogP contribution in [0.1, 0.15) is 10.6 Å². The average Bonchev–Trinajstić information content (AvgIpc) is 2.87. The number of methoxy groups -OCH3 is 1. The number of rotatable bonds is 3. The van der Waals surface area contributed by atoms with E-state index in [4.69, 9.17) is 9.15 Å². The van der Waals surface area contributed by atoms with Crippen LogP contribution in [0.4, 0.5) is 0 Å². The van der Waals surface area contributed by atoms with Gasteiger partial charge in [0.15, 0.2) is 5.76 Å². The summed E-state index contributed by atoms with van der Waals surface area (Å²) in [5, 5.41) is 0. The Hall–Kier alpha value is -2.30. The summed E-state index contributed by atoms with van der Waals surface area (Å²) in [5.74, 6) is 1.29. The molecule has 2 heterocycles. The second-order valence-electron chi connectivity index (χ2n) is 3.95. The molecule has 2 rings (SSSR count). The van der Waals surface area contributed by atoms with Crippen molar-refractivity contribution < 1.29 is 13.9 Å². The molecule has 0 atom stereocenters. The highest BCUT2D eigenvalue weighted by Gasteiger charge is 2.13. The highest BCUT2D eigenvalue weighted by atomic mass is 16.5. The van der Waals surface area contributed by atoms with Gasteiger partial charge in [-0.05, 0) is 18.2 Å². The molecule has 0 saturated heterocycles. The van der Waals surface area contributed by atoms with Crippen molar-refractivity contribution in [3.8, 4) is 17.2 Å². The number of hydrogen-bond donors (Lipinski definition) is 0. The number of nitrogens with zero attached hydrogens (tertiary/aromatic N) is 2. The molecule has 0 spiro atoms. The van der Waals surface area contributed by atoms with Crippen LogP contribution in [-0.4, -0.2) is 37.0 Å². The van der Waals surface area contributed by atoms with E-state index in [0.717, 1.165) is 5.56 Å². The Balaban J connectivity index is 2.26. The number of pyridine rings is 1. The minimum atomic E-state index is -0.164. The van der Waals surface area contributed by atoms with Gasteiger partial charge in [-0.15, -0.1) is 0 Å². The molecule has 5 nitrogen and oxygen atoms in total. The van der Waals surface area contributed by atoms with E-state index in [9.17, 15) is 4.79 Å². The predicted octanol–water partition coefficient (Wildman–Crippen LogP) is 2.05. The summed E-state index contributed by atoms with van der Waals surface area (Å²) in [5.41, 5.74) is 0.800. The molecule has 94 valence electrons. The maximum atomic E-state index is 11.7. The summed E-state index contributed by atoms with van der Waals surface area (Å²) >= 11 is 0. The molecule has 0 aliphatic rings. The van der Waals surface area contributed by atoms with E-state index in [1.54, 1.807) is 45.6 Å². The van der Waals surface area contributed by atoms with Gasteiger partial charge in [-0.2, -0.15) is 0 Å². The van der Waals surface area contributed by atoms with E-state index in [2.05, 4.69) is 4.98 Å². The first kappa shape index (κ1) is 12.2. The lowest BCUT2D eigenvalue weighted by molar-refractivity contribution is 0.0797. The lowest BCUT2D eigenvalue weighted by Gasteiger charge is -2.06. The normalized spacial score (nSPS) is 10.2. The topological polar surface area (TPSA) is 55.6 Å². The van der Waals surface area contributed by atoms with Crippen molar-refractivity contribution in [2.75, 3.05) is 21.2 Å². The second kappa shape index (κ2) is 4.91. The summed E-state index contributed by atoms with van der Waals surface area (Å²) < 4.78 is 10.5. The zero-order valence-corrected chi connectivity index (χ0v) is 10.5. The number of amides is 1. The minimum Gasteiger partial charge on any atom is -0.481 e. The fraction of sp³-hybridized carbons (Fsp3) is 0.231. The number of ether oxygens (including phenoxy) is 1. The van der Waals surface area contributed by atoms with Crippen molar-refractivity contribution >= 4 is 5.91 Å². The molecule has 0 aliphatic carbocycles. The zero-order chi connectivity index (χ0) is 13.1. The maximum Gasteiger partial charge on any atom is 0.289 e. The molecule has 0 fully saturated rings. The van der Waals surface area contributed by atoms with Crippen molar-refractivity contribution in [3.05, 3.63) is 36.2 Å². The van der Waals surface area contributed by atoms with Gasteiger partial charge in [0, 0.05) is 31.9 Å². The Morgan fingerprint density at radius 2 is 2.06 bits per heavy atom. The number of furan rings is 1. The van der Waals surface area contributed by atoms with Crippen molar-refractivity contribution in [3.63, 3.8) is 0 Å². The molecule has 0 bridgehead atoms. The molecule has 2 aromatic rings. The molecule has 0 aromatic carbocycles. The van der Waals surface area contributed by atoms with Crippen LogP contribution in [0.2, 0.25) is 0 Å². The van der Waals surface area contributed by atoms with E-state index in [-0.39, 0.29) is 5.91 Å². The molecule has 2 aromatic heterocycles. The molecule has 1 amide bonds. The fourth-order valence-electron chi connectivity index (χ4n) is 1.48. The van der Waals surface area contributed by atoms with Crippen LogP contribution in [0.5, 0.6) is 5.88 Å². The van der Waals surface area contributed by atoms with Crippen molar-refractivity contribution in [2.45, 2.75) is 0 Å². The third kappa shape index (κ3) is 2.34. The highest BCUT2D eigenvalue weighted by Crippen LogP contribution is 2.23. The van der Waals surface area contributed by atoms with E-state index >= 15 is 0 Å². The van der Waals surface area contributed by atoms with Gasteiger partial charge < -0.3 is 14.1 Å². The molecular formula is C13H14N2O3.